The first-order chi connectivity index (χ1) is 9.25. The summed E-state index contributed by atoms with van der Waals surface area (Å²) in [5.41, 5.74) is 1.29. The number of nitrogens with zero attached hydrogens (tertiary/aromatic N) is 3. The number of likely N-dealkylation sites (N-methyl/N-ethyl adjacent to an activating group) is 1. The molecule has 0 aromatic heterocycles. The van der Waals surface area contributed by atoms with Gasteiger partial charge in [0.05, 0.1) is 6.04 Å². The Bertz CT molecular complexity index is 440. The summed E-state index contributed by atoms with van der Waals surface area (Å²) in [5.74, 6) is 0.299. The van der Waals surface area contributed by atoms with Gasteiger partial charge in [0.15, 0.2) is 0 Å². The topological polar surface area (TPSA) is 26.8 Å². The molecule has 2 saturated heterocycles. The molecular weight excluding hydrogens is 238 g/mol. The monoisotopic (exact) mass is 259 g/mol. The zero-order valence-electron chi connectivity index (χ0n) is 11.5. The second-order valence-corrected chi connectivity index (χ2v) is 5.42. The summed E-state index contributed by atoms with van der Waals surface area (Å²) < 4.78 is 0. The van der Waals surface area contributed by atoms with Crippen LogP contribution in [0.25, 0.3) is 0 Å². The summed E-state index contributed by atoms with van der Waals surface area (Å²) in [6.45, 7) is 4.90. The number of anilines is 1. The van der Waals surface area contributed by atoms with E-state index in [1.165, 1.54) is 5.69 Å². The number of benzene rings is 1. The van der Waals surface area contributed by atoms with Crippen molar-refractivity contribution in [3.63, 3.8) is 0 Å². The molecule has 0 N–H and O–H groups in total. The minimum absolute atomic E-state index is 0.128. The maximum atomic E-state index is 12.0. The van der Waals surface area contributed by atoms with Gasteiger partial charge in [-0.2, -0.15) is 0 Å². The predicted molar refractivity (Wildman–Crippen MR) is 76.3 cm³/mol. The summed E-state index contributed by atoms with van der Waals surface area (Å²) in [4.78, 5) is 18.6. The van der Waals surface area contributed by atoms with Crippen molar-refractivity contribution < 1.29 is 4.79 Å². The average Bonchev–Trinajstić information content (AvgIpc) is 2.80. The van der Waals surface area contributed by atoms with E-state index in [1.54, 1.807) is 0 Å². The number of carbonyl (C=O) groups is 1. The van der Waals surface area contributed by atoms with Crippen LogP contribution in [0.4, 0.5) is 5.69 Å². The minimum Gasteiger partial charge on any atom is -0.369 e. The van der Waals surface area contributed by atoms with Crippen molar-refractivity contribution in [3.8, 4) is 0 Å². The van der Waals surface area contributed by atoms with Crippen LogP contribution in [0, 0.1) is 0 Å². The Kier molecular flexibility index (Phi) is 3.42. The number of likely N-dealkylation sites (tertiary alicyclic amines) is 1. The van der Waals surface area contributed by atoms with E-state index >= 15 is 0 Å². The van der Waals surface area contributed by atoms with Crippen LogP contribution >= 0.6 is 0 Å². The van der Waals surface area contributed by atoms with Crippen LogP contribution in [0.2, 0.25) is 0 Å². The normalized spacial score (nSPS) is 25.1. The van der Waals surface area contributed by atoms with Crippen LogP contribution < -0.4 is 4.90 Å². The fourth-order valence-corrected chi connectivity index (χ4v) is 3.07. The van der Waals surface area contributed by atoms with E-state index < -0.39 is 0 Å². The molecule has 102 valence electrons. The highest BCUT2D eigenvalue weighted by molar-refractivity contribution is 5.83. The van der Waals surface area contributed by atoms with Crippen LogP contribution in [0.1, 0.15) is 6.42 Å². The first-order valence-corrected chi connectivity index (χ1v) is 7.05. The van der Waals surface area contributed by atoms with Crippen LogP contribution in [-0.2, 0) is 4.79 Å². The smallest absolute Gasteiger partial charge is 0.239 e. The van der Waals surface area contributed by atoms with Gasteiger partial charge >= 0.3 is 0 Å². The summed E-state index contributed by atoms with van der Waals surface area (Å²) in [7, 11) is 1.91. The summed E-state index contributed by atoms with van der Waals surface area (Å²) in [6, 6.07) is 10.7. The Morgan fingerprint density at radius 1 is 1.00 bits per heavy atom. The number of amides is 1. The first-order valence-electron chi connectivity index (χ1n) is 7.05. The van der Waals surface area contributed by atoms with E-state index in [2.05, 4.69) is 34.1 Å². The van der Waals surface area contributed by atoms with Crippen molar-refractivity contribution in [2.24, 2.45) is 0 Å². The number of piperazine rings is 1. The third-order valence-electron chi connectivity index (χ3n) is 4.28. The van der Waals surface area contributed by atoms with Gasteiger partial charge in [0, 0.05) is 45.5 Å². The SMILES string of the molecule is CN1CCC(N2CCN(c3ccccc3)CC2)C1=O. The molecular formula is C15H21N3O. The molecule has 2 heterocycles. The zero-order valence-corrected chi connectivity index (χ0v) is 11.5. The van der Waals surface area contributed by atoms with Crippen LogP contribution in [0.3, 0.4) is 0 Å². The highest BCUT2D eigenvalue weighted by Crippen LogP contribution is 2.20. The van der Waals surface area contributed by atoms with E-state index in [0.717, 1.165) is 39.1 Å². The summed E-state index contributed by atoms with van der Waals surface area (Å²) >= 11 is 0. The lowest BCUT2D eigenvalue weighted by Gasteiger charge is -2.38. The lowest BCUT2D eigenvalue weighted by molar-refractivity contribution is -0.131. The molecule has 1 unspecified atom stereocenters. The van der Waals surface area contributed by atoms with Gasteiger partial charge in [0.2, 0.25) is 5.91 Å². The molecule has 1 aromatic rings. The predicted octanol–water partition coefficient (Wildman–Crippen LogP) is 1.04. The van der Waals surface area contributed by atoms with Gasteiger partial charge in [-0.15, -0.1) is 0 Å². The van der Waals surface area contributed by atoms with Gasteiger partial charge in [-0.25, -0.2) is 0 Å². The third-order valence-corrected chi connectivity index (χ3v) is 4.28. The third kappa shape index (κ3) is 2.45. The zero-order chi connectivity index (χ0) is 13.2. The molecule has 2 aliphatic heterocycles. The number of hydrogen-bond acceptors (Lipinski definition) is 3. The van der Waals surface area contributed by atoms with E-state index in [0.29, 0.717) is 5.91 Å². The Balaban J connectivity index is 1.60. The van der Waals surface area contributed by atoms with Crippen molar-refractivity contribution >= 4 is 11.6 Å². The Hall–Kier alpha value is -1.55. The van der Waals surface area contributed by atoms with Gasteiger partial charge < -0.3 is 9.80 Å². The highest BCUT2D eigenvalue weighted by atomic mass is 16.2. The van der Waals surface area contributed by atoms with Gasteiger partial charge in [-0.1, -0.05) is 18.2 Å². The second kappa shape index (κ2) is 5.21. The second-order valence-electron chi connectivity index (χ2n) is 5.42. The maximum absolute atomic E-state index is 12.0. The Labute approximate surface area is 114 Å². The van der Waals surface area contributed by atoms with Crippen LogP contribution in [0.5, 0.6) is 0 Å². The molecule has 4 nitrogen and oxygen atoms in total. The molecule has 2 fully saturated rings. The fraction of sp³-hybridized carbons (Fsp3) is 0.533. The van der Waals surface area contributed by atoms with E-state index in [9.17, 15) is 4.79 Å². The van der Waals surface area contributed by atoms with Gasteiger partial charge in [0.25, 0.3) is 0 Å². The van der Waals surface area contributed by atoms with Crippen molar-refractivity contribution in [2.45, 2.75) is 12.5 Å². The van der Waals surface area contributed by atoms with Crippen molar-refractivity contribution in [1.82, 2.24) is 9.80 Å². The molecule has 4 heteroatoms. The average molecular weight is 259 g/mol. The Morgan fingerprint density at radius 3 is 2.26 bits per heavy atom. The number of rotatable bonds is 2. The molecule has 3 rings (SSSR count). The van der Waals surface area contributed by atoms with Crippen molar-refractivity contribution in [3.05, 3.63) is 30.3 Å². The maximum Gasteiger partial charge on any atom is 0.239 e. The summed E-state index contributed by atoms with van der Waals surface area (Å²) in [6.07, 6.45) is 0.987. The van der Waals surface area contributed by atoms with Gasteiger partial charge in [0.1, 0.15) is 0 Å². The number of carbonyl (C=O) groups excluding carboxylic acids is 1. The largest absolute Gasteiger partial charge is 0.369 e. The molecule has 19 heavy (non-hydrogen) atoms. The first kappa shape index (κ1) is 12.5. The molecule has 0 radical (unpaired) electrons. The molecule has 1 aromatic carbocycles. The molecule has 1 atom stereocenters. The number of hydrogen-bond donors (Lipinski definition) is 0. The van der Waals surface area contributed by atoms with Crippen LogP contribution in [-0.4, -0.2) is 61.5 Å². The highest BCUT2D eigenvalue weighted by Gasteiger charge is 2.35. The Morgan fingerprint density at radius 2 is 1.68 bits per heavy atom. The van der Waals surface area contributed by atoms with Gasteiger partial charge in [-0.3, -0.25) is 9.69 Å². The minimum atomic E-state index is 0.128. The summed E-state index contributed by atoms with van der Waals surface area (Å²) in [5, 5.41) is 0. The van der Waals surface area contributed by atoms with Gasteiger partial charge in [-0.05, 0) is 18.6 Å². The lowest BCUT2D eigenvalue weighted by atomic mass is 10.1. The quantitative estimate of drug-likeness (QED) is 0.794. The molecule has 0 bridgehead atoms. The molecule has 0 aliphatic carbocycles. The van der Waals surface area contributed by atoms with Crippen molar-refractivity contribution in [2.75, 3.05) is 44.7 Å². The number of para-hydroxylation sites is 1. The van der Waals surface area contributed by atoms with E-state index in [1.807, 2.05) is 18.0 Å². The standard InChI is InChI=1S/C15H21N3O/c1-16-8-7-14(15(16)19)18-11-9-17(10-12-18)13-5-3-2-4-6-13/h2-6,14H,7-12H2,1H3. The lowest BCUT2D eigenvalue weighted by Crippen LogP contribution is -2.52. The van der Waals surface area contributed by atoms with E-state index in [4.69, 9.17) is 0 Å². The molecule has 2 aliphatic rings. The molecule has 0 saturated carbocycles. The van der Waals surface area contributed by atoms with Crippen molar-refractivity contribution in [1.29, 1.82) is 0 Å². The fourth-order valence-electron chi connectivity index (χ4n) is 3.07. The van der Waals surface area contributed by atoms with Crippen LogP contribution in [0.15, 0.2) is 30.3 Å². The van der Waals surface area contributed by atoms with E-state index in [-0.39, 0.29) is 6.04 Å². The molecule has 1 amide bonds. The molecule has 0 spiro atoms.